The number of nitrogens with zero attached hydrogens (tertiary/aromatic N) is 3. The van der Waals surface area contributed by atoms with E-state index < -0.39 is 5.97 Å². The quantitative estimate of drug-likeness (QED) is 0.782. The molecule has 106 valence electrons. The molecule has 3 heterocycles. The number of carboxylic acid groups (broad SMARTS) is 1. The number of hydrogen-bond acceptors (Lipinski definition) is 4. The summed E-state index contributed by atoms with van der Waals surface area (Å²) in [5.41, 5.74) is 0.803. The standard InChI is InChI=1S/C13H7Cl2N3O2S/c14-9-5-7(12(15)21-9)11-8(13(19)20)6-18(17-11)10-3-1-2-4-16-10/h1-6H,(H,19,20). The van der Waals surface area contributed by atoms with E-state index in [1.165, 1.54) is 10.9 Å². The molecule has 0 amide bonds. The highest BCUT2D eigenvalue weighted by molar-refractivity contribution is 7.20. The van der Waals surface area contributed by atoms with Gasteiger partial charge in [-0.1, -0.05) is 29.3 Å². The summed E-state index contributed by atoms with van der Waals surface area (Å²) in [6.45, 7) is 0. The first-order chi connectivity index (χ1) is 10.1. The van der Waals surface area contributed by atoms with Gasteiger partial charge in [-0.05, 0) is 18.2 Å². The molecule has 0 saturated heterocycles. The fourth-order valence-electron chi connectivity index (χ4n) is 1.84. The Morgan fingerprint density at radius 1 is 1.33 bits per heavy atom. The van der Waals surface area contributed by atoms with Gasteiger partial charge in [-0.3, -0.25) is 0 Å². The number of carbonyl (C=O) groups is 1. The van der Waals surface area contributed by atoms with Crippen molar-refractivity contribution in [2.24, 2.45) is 0 Å². The molecular weight excluding hydrogens is 333 g/mol. The van der Waals surface area contributed by atoms with Gasteiger partial charge >= 0.3 is 5.97 Å². The number of hydrogen-bond donors (Lipinski definition) is 1. The van der Waals surface area contributed by atoms with E-state index in [1.807, 2.05) is 0 Å². The zero-order chi connectivity index (χ0) is 15.0. The Hall–Kier alpha value is -1.89. The molecular formula is C13H7Cl2N3O2S. The fourth-order valence-corrected chi connectivity index (χ4v) is 3.30. The molecule has 3 aromatic heterocycles. The second-order valence-corrected chi connectivity index (χ2v) is 6.35. The van der Waals surface area contributed by atoms with Crippen molar-refractivity contribution >= 4 is 40.5 Å². The van der Waals surface area contributed by atoms with E-state index in [9.17, 15) is 9.90 Å². The lowest BCUT2D eigenvalue weighted by Gasteiger charge is -1.98. The van der Waals surface area contributed by atoms with E-state index in [4.69, 9.17) is 23.2 Å². The number of carboxylic acids is 1. The van der Waals surface area contributed by atoms with E-state index in [-0.39, 0.29) is 11.3 Å². The average Bonchev–Trinajstić information content (AvgIpc) is 3.03. The van der Waals surface area contributed by atoms with Gasteiger partial charge in [0.2, 0.25) is 0 Å². The Kier molecular flexibility index (Phi) is 3.67. The van der Waals surface area contributed by atoms with E-state index >= 15 is 0 Å². The maximum atomic E-state index is 11.4. The largest absolute Gasteiger partial charge is 0.478 e. The highest BCUT2D eigenvalue weighted by Crippen LogP contribution is 2.38. The SMILES string of the molecule is O=C(O)c1cn(-c2ccccn2)nc1-c1cc(Cl)sc1Cl. The van der Waals surface area contributed by atoms with Crippen LogP contribution in [0.4, 0.5) is 0 Å². The number of halogens is 2. The molecule has 21 heavy (non-hydrogen) atoms. The van der Waals surface area contributed by atoms with Crippen molar-refractivity contribution < 1.29 is 9.90 Å². The molecule has 0 aliphatic rings. The van der Waals surface area contributed by atoms with Crippen LogP contribution in [0.15, 0.2) is 36.7 Å². The second-order valence-electron chi connectivity index (χ2n) is 4.07. The summed E-state index contributed by atoms with van der Waals surface area (Å²) in [6.07, 6.45) is 3.01. The summed E-state index contributed by atoms with van der Waals surface area (Å²) in [5, 5.41) is 13.6. The third-order valence-corrected chi connectivity index (χ3v) is 4.23. The van der Waals surface area contributed by atoms with Crippen LogP contribution in [0.2, 0.25) is 8.67 Å². The number of pyridine rings is 1. The van der Waals surface area contributed by atoms with Crippen LogP contribution in [0.25, 0.3) is 17.1 Å². The van der Waals surface area contributed by atoms with Gasteiger partial charge in [-0.2, -0.15) is 5.10 Å². The summed E-state index contributed by atoms with van der Waals surface area (Å²) in [7, 11) is 0. The van der Waals surface area contributed by atoms with Crippen LogP contribution in [0.1, 0.15) is 10.4 Å². The molecule has 0 aromatic carbocycles. The van der Waals surface area contributed by atoms with Gasteiger partial charge in [0.05, 0.1) is 4.34 Å². The van der Waals surface area contributed by atoms with Crippen molar-refractivity contribution in [1.82, 2.24) is 14.8 Å². The minimum absolute atomic E-state index is 0.0389. The van der Waals surface area contributed by atoms with Gasteiger partial charge in [-0.25, -0.2) is 14.5 Å². The fraction of sp³-hybridized carbons (Fsp3) is 0. The smallest absolute Gasteiger partial charge is 0.339 e. The molecule has 0 aliphatic carbocycles. The predicted octanol–water partition coefficient (Wildman–Crippen LogP) is 4.00. The van der Waals surface area contributed by atoms with E-state index in [2.05, 4.69) is 10.1 Å². The van der Waals surface area contributed by atoms with Gasteiger partial charge in [0.1, 0.15) is 15.6 Å². The lowest BCUT2D eigenvalue weighted by Crippen LogP contribution is -1.97. The van der Waals surface area contributed by atoms with Crippen LogP contribution in [0.5, 0.6) is 0 Å². The molecule has 0 unspecified atom stereocenters. The molecule has 0 aliphatic heterocycles. The Bertz CT molecular complexity index is 814. The first kappa shape index (κ1) is 14.1. The number of aromatic nitrogens is 3. The van der Waals surface area contributed by atoms with Crippen molar-refractivity contribution in [2.75, 3.05) is 0 Å². The summed E-state index contributed by atoms with van der Waals surface area (Å²) in [5.74, 6) is -0.575. The molecule has 5 nitrogen and oxygen atoms in total. The van der Waals surface area contributed by atoms with E-state index in [1.54, 1.807) is 30.5 Å². The lowest BCUT2D eigenvalue weighted by atomic mass is 10.1. The van der Waals surface area contributed by atoms with Crippen LogP contribution < -0.4 is 0 Å². The monoisotopic (exact) mass is 339 g/mol. The first-order valence-corrected chi connectivity index (χ1v) is 7.33. The van der Waals surface area contributed by atoms with Gasteiger partial charge in [0.15, 0.2) is 5.82 Å². The maximum Gasteiger partial charge on any atom is 0.339 e. The molecule has 0 radical (unpaired) electrons. The zero-order valence-corrected chi connectivity index (χ0v) is 12.7. The van der Waals surface area contributed by atoms with Crippen molar-refractivity contribution in [3.8, 4) is 17.1 Å². The molecule has 0 bridgehead atoms. The van der Waals surface area contributed by atoms with E-state index in [0.29, 0.717) is 20.1 Å². The molecule has 0 atom stereocenters. The topological polar surface area (TPSA) is 68.0 Å². The minimum atomic E-state index is -1.09. The molecule has 0 spiro atoms. The van der Waals surface area contributed by atoms with E-state index in [0.717, 1.165) is 11.3 Å². The minimum Gasteiger partial charge on any atom is -0.478 e. The van der Waals surface area contributed by atoms with Gasteiger partial charge in [0.25, 0.3) is 0 Å². The summed E-state index contributed by atoms with van der Waals surface area (Å²) < 4.78 is 2.27. The molecule has 8 heteroatoms. The Labute approximate surface area is 133 Å². The normalized spacial score (nSPS) is 10.8. The summed E-state index contributed by atoms with van der Waals surface area (Å²) in [6, 6.07) is 6.89. The van der Waals surface area contributed by atoms with Gasteiger partial charge in [0, 0.05) is 18.0 Å². The van der Waals surface area contributed by atoms with Crippen LogP contribution in [-0.4, -0.2) is 25.8 Å². The van der Waals surface area contributed by atoms with Gasteiger partial charge < -0.3 is 5.11 Å². The van der Waals surface area contributed by atoms with Gasteiger partial charge in [-0.15, -0.1) is 11.3 Å². The summed E-state index contributed by atoms with van der Waals surface area (Å²) >= 11 is 13.2. The van der Waals surface area contributed by atoms with Crippen LogP contribution in [0, 0.1) is 0 Å². The Morgan fingerprint density at radius 3 is 2.71 bits per heavy atom. The van der Waals surface area contributed by atoms with Crippen LogP contribution >= 0.6 is 34.5 Å². The molecule has 1 N–H and O–H groups in total. The second kappa shape index (κ2) is 5.48. The predicted molar refractivity (Wildman–Crippen MR) is 81.7 cm³/mol. The number of thiophene rings is 1. The third kappa shape index (κ3) is 2.65. The first-order valence-electron chi connectivity index (χ1n) is 5.76. The Balaban J connectivity index is 2.18. The molecule has 3 aromatic rings. The summed E-state index contributed by atoms with van der Waals surface area (Å²) in [4.78, 5) is 15.5. The molecule has 3 rings (SSSR count). The lowest BCUT2D eigenvalue weighted by molar-refractivity contribution is 0.0697. The van der Waals surface area contributed by atoms with Crippen LogP contribution in [0.3, 0.4) is 0 Å². The van der Waals surface area contributed by atoms with Crippen molar-refractivity contribution in [1.29, 1.82) is 0 Å². The Morgan fingerprint density at radius 2 is 2.14 bits per heavy atom. The molecule has 0 fully saturated rings. The van der Waals surface area contributed by atoms with Crippen LogP contribution in [-0.2, 0) is 0 Å². The average molecular weight is 340 g/mol. The number of aromatic carboxylic acids is 1. The highest BCUT2D eigenvalue weighted by Gasteiger charge is 2.21. The highest BCUT2D eigenvalue weighted by atomic mass is 35.5. The number of rotatable bonds is 3. The van der Waals surface area contributed by atoms with Crippen molar-refractivity contribution in [3.63, 3.8) is 0 Å². The zero-order valence-electron chi connectivity index (χ0n) is 10.3. The van der Waals surface area contributed by atoms with Crippen molar-refractivity contribution in [3.05, 3.63) is 50.9 Å². The maximum absolute atomic E-state index is 11.4. The van der Waals surface area contributed by atoms with Crippen molar-refractivity contribution in [2.45, 2.75) is 0 Å². The molecule has 0 saturated carbocycles. The third-order valence-electron chi connectivity index (χ3n) is 2.74.